The van der Waals surface area contributed by atoms with Crippen LogP contribution in [0.1, 0.15) is 52.5 Å². The molecular weight excluding hydrogens is 320 g/mol. The summed E-state index contributed by atoms with van der Waals surface area (Å²) in [7, 11) is 0. The summed E-state index contributed by atoms with van der Waals surface area (Å²) < 4.78 is 5.51. The van der Waals surface area contributed by atoms with E-state index in [0.29, 0.717) is 6.42 Å². The zero-order valence-electron chi connectivity index (χ0n) is 13.9. The number of fused-ring (bicyclic) bond motifs is 2. The molecule has 0 fully saturated rings. The molecule has 0 bridgehead atoms. The first-order valence-electron chi connectivity index (χ1n) is 8.71. The van der Waals surface area contributed by atoms with E-state index in [1.54, 1.807) is 11.3 Å². The standard InChI is InChI=1S/C19H22N2O2S/c1-12(19-21-15-4-2-3-5-17(15)24-19)20-18(22)11-13-6-7-16-14(10-13)8-9-23-16/h6-7,10,12H,2-5,8-9,11H2,1H3,(H,20,22). The molecule has 24 heavy (non-hydrogen) atoms. The van der Waals surface area contributed by atoms with Gasteiger partial charge in [-0.25, -0.2) is 4.98 Å². The van der Waals surface area contributed by atoms with E-state index in [4.69, 9.17) is 9.72 Å². The van der Waals surface area contributed by atoms with E-state index in [1.807, 2.05) is 19.1 Å². The number of nitrogens with zero attached hydrogens (tertiary/aromatic N) is 1. The Morgan fingerprint density at radius 3 is 3.08 bits per heavy atom. The summed E-state index contributed by atoms with van der Waals surface area (Å²) in [5.74, 6) is 1.01. The quantitative estimate of drug-likeness (QED) is 0.927. The van der Waals surface area contributed by atoms with Crippen LogP contribution in [0.25, 0.3) is 0 Å². The van der Waals surface area contributed by atoms with Gasteiger partial charge in [0, 0.05) is 11.3 Å². The highest BCUT2D eigenvalue weighted by molar-refractivity contribution is 7.11. The smallest absolute Gasteiger partial charge is 0.224 e. The van der Waals surface area contributed by atoms with Crippen LogP contribution in [0.4, 0.5) is 0 Å². The Labute approximate surface area is 146 Å². The number of amides is 1. The number of benzene rings is 1. The topological polar surface area (TPSA) is 51.2 Å². The number of hydrogen-bond donors (Lipinski definition) is 1. The first-order chi connectivity index (χ1) is 11.7. The van der Waals surface area contributed by atoms with Crippen molar-refractivity contribution in [3.63, 3.8) is 0 Å². The maximum Gasteiger partial charge on any atom is 0.224 e. The van der Waals surface area contributed by atoms with E-state index in [2.05, 4.69) is 11.4 Å². The fourth-order valence-corrected chi connectivity index (χ4v) is 4.60. The summed E-state index contributed by atoms with van der Waals surface area (Å²) in [6.45, 7) is 2.77. The van der Waals surface area contributed by atoms with Gasteiger partial charge in [0.2, 0.25) is 5.91 Å². The molecule has 0 saturated heterocycles. The van der Waals surface area contributed by atoms with Gasteiger partial charge >= 0.3 is 0 Å². The van der Waals surface area contributed by atoms with E-state index in [0.717, 1.165) is 42.2 Å². The fourth-order valence-electron chi connectivity index (χ4n) is 3.45. The van der Waals surface area contributed by atoms with Crippen LogP contribution in [0.15, 0.2) is 18.2 Å². The number of ether oxygens (including phenoxy) is 1. The number of aryl methyl sites for hydroxylation is 2. The molecule has 1 aliphatic carbocycles. The Bertz CT molecular complexity index is 745. The van der Waals surface area contributed by atoms with Crippen molar-refractivity contribution in [2.24, 2.45) is 0 Å². The second kappa shape index (κ2) is 6.55. The third kappa shape index (κ3) is 3.18. The molecule has 1 unspecified atom stereocenters. The average molecular weight is 342 g/mol. The summed E-state index contributed by atoms with van der Waals surface area (Å²) in [5.41, 5.74) is 3.50. The minimum Gasteiger partial charge on any atom is -0.493 e. The van der Waals surface area contributed by atoms with E-state index in [9.17, 15) is 4.79 Å². The Hall–Kier alpha value is -1.88. The lowest BCUT2D eigenvalue weighted by molar-refractivity contribution is -0.121. The Morgan fingerprint density at radius 1 is 1.33 bits per heavy atom. The lowest BCUT2D eigenvalue weighted by Gasteiger charge is -2.11. The van der Waals surface area contributed by atoms with E-state index in [1.165, 1.54) is 29.0 Å². The lowest BCUT2D eigenvalue weighted by Crippen LogP contribution is -2.28. The van der Waals surface area contributed by atoms with Gasteiger partial charge in [0.25, 0.3) is 0 Å². The van der Waals surface area contributed by atoms with Gasteiger partial charge in [-0.15, -0.1) is 11.3 Å². The first-order valence-corrected chi connectivity index (χ1v) is 9.53. The summed E-state index contributed by atoms with van der Waals surface area (Å²) >= 11 is 1.77. The van der Waals surface area contributed by atoms with Crippen LogP contribution in [0.2, 0.25) is 0 Å². The van der Waals surface area contributed by atoms with Crippen LogP contribution in [0.3, 0.4) is 0 Å². The van der Waals surface area contributed by atoms with E-state index < -0.39 is 0 Å². The molecule has 1 aromatic heterocycles. The number of carbonyl (C=O) groups excluding carboxylic acids is 1. The minimum atomic E-state index is -0.0224. The molecule has 1 atom stereocenters. The molecule has 4 nitrogen and oxygen atoms in total. The van der Waals surface area contributed by atoms with Crippen LogP contribution in [-0.4, -0.2) is 17.5 Å². The summed E-state index contributed by atoms with van der Waals surface area (Å²) in [6.07, 6.45) is 6.07. The van der Waals surface area contributed by atoms with Crippen LogP contribution >= 0.6 is 11.3 Å². The number of aromatic nitrogens is 1. The van der Waals surface area contributed by atoms with E-state index >= 15 is 0 Å². The molecule has 126 valence electrons. The van der Waals surface area contributed by atoms with Gasteiger partial charge in [0.05, 0.1) is 24.8 Å². The normalized spacial score (nSPS) is 16.9. The largest absolute Gasteiger partial charge is 0.493 e. The maximum atomic E-state index is 12.4. The van der Waals surface area contributed by atoms with Gasteiger partial charge in [-0.2, -0.15) is 0 Å². The molecule has 2 aliphatic rings. The molecule has 1 N–H and O–H groups in total. The molecule has 5 heteroatoms. The Morgan fingerprint density at radius 2 is 2.21 bits per heavy atom. The number of nitrogens with one attached hydrogen (secondary N) is 1. The van der Waals surface area contributed by atoms with Gasteiger partial charge in [-0.1, -0.05) is 12.1 Å². The first kappa shape index (κ1) is 15.6. The maximum absolute atomic E-state index is 12.4. The second-order valence-electron chi connectivity index (χ2n) is 6.64. The predicted octanol–water partition coefficient (Wildman–Crippen LogP) is 3.38. The van der Waals surface area contributed by atoms with Crippen molar-refractivity contribution >= 4 is 17.2 Å². The zero-order valence-corrected chi connectivity index (χ0v) is 14.7. The van der Waals surface area contributed by atoms with Crippen LogP contribution < -0.4 is 10.1 Å². The number of thiazole rings is 1. The fraction of sp³-hybridized carbons (Fsp3) is 0.474. The molecule has 2 heterocycles. The van der Waals surface area contributed by atoms with Crippen molar-refractivity contribution in [3.05, 3.63) is 44.9 Å². The Balaban J connectivity index is 1.39. The summed E-state index contributed by atoms with van der Waals surface area (Å²) in [5, 5.41) is 4.14. The lowest BCUT2D eigenvalue weighted by atomic mass is 10.0. The molecule has 4 rings (SSSR count). The van der Waals surface area contributed by atoms with Crippen LogP contribution in [-0.2, 0) is 30.5 Å². The van der Waals surface area contributed by atoms with E-state index in [-0.39, 0.29) is 11.9 Å². The number of rotatable bonds is 4. The number of hydrogen-bond acceptors (Lipinski definition) is 4. The minimum absolute atomic E-state index is 0.0224. The van der Waals surface area contributed by atoms with Crippen molar-refractivity contribution in [3.8, 4) is 5.75 Å². The SMILES string of the molecule is CC(NC(=O)Cc1ccc2c(c1)CCO2)c1nc2c(s1)CCCC2. The van der Waals surface area contributed by atoms with Crippen molar-refractivity contribution < 1.29 is 9.53 Å². The average Bonchev–Trinajstić information content (AvgIpc) is 3.20. The molecule has 1 aliphatic heterocycles. The molecule has 1 aromatic carbocycles. The van der Waals surface area contributed by atoms with Gasteiger partial charge in [0.15, 0.2) is 0 Å². The molecule has 2 aromatic rings. The van der Waals surface area contributed by atoms with Crippen molar-refractivity contribution in [1.82, 2.24) is 10.3 Å². The second-order valence-corrected chi connectivity index (χ2v) is 7.75. The van der Waals surface area contributed by atoms with Crippen molar-refractivity contribution in [2.75, 3.05) is 6.61 Å². The number of carbonyl (C=O) groups is 1. The molecule has 0 spiro atoms. The van der Waals surface area contributed by atoms with Crippen LogP contribution in [0.5, 0.6) is 5.75 Å². The molecule has 0 radical (unpaired) electrons. The zero-order chi connectivity index (χ0) is 16.5. The highest BCUT2D eigenvalue weighted by Crippen LogP contribution is 2.30. The summed E-state index contributed by atoms with van der Waals surface area (Å²) in [4.78, 5) is 18.5. The van der Waals surface area contributed by atoms with Crippen LogP contribution in [0, 0.1) is 0 Å². The van der Waals surface area contributed by atoms with Gasteiger partial charge in [0.1, 0.15) is 10.8 Å². The van der Waals surface area contributed by atoms with Gasteiger partial charge < -0.3 is 10.1 Å². The molecule has 1 amide bonds. The third-order valence-electron chi connectivity index (χ3n) is 4.73. The van der Waals surface area contributed by atoms with Crippen molar-refractivity contribution in [1.29, 1.82) is 0 Å². The van der Waals surface area contributed by atoms with Gasteiger partial charge in [-0.3, -0.25) is 4.79 Å². The molecule has 0 saturated carbocycles. The van der Waals surface area contributed by atoms with Crippen molar-refractivity contribution in [2.45, 2.75) is 51.5 Å². The third-order valence-corrected chi connectivity index (χ3v) is 6.07. The predicted molar refractivity (Wildman–Crippen MR) is 94.7 cm³/mol. The van der Waals surface area contributed by atoms with Gasteiger partial charge in [-0.05, 0) is 49.8 Å². The Kier molecular flexibility index (Phi) is 4.27. The summed E-state index contributed by atoms with van der Waals surface area (Å²) in [6, 6.07) is 6.03. The molecular formula is C19H22N2O2S. The highest BCUT2D eigenvalue weighted by Gasteiger charge is 2.20. The highest BCUT2D eigenvalue weighted by atomic mass is 32.1. The monoisotopic (exact) mass is 342 g/mol.